The van der Waals surface area contributed by atoms with Crippen molar-refractivity contribution in [2.24, 2.45) is 0 Å². The first kappa shape index (κ1) is 38.6. The molecule has 5 N–H and O–H groups in total. The van der Waals surface area contributed by atoms with Gasteiger partial charge < -0.3 is 30.9 Å². The molecule has 53 heavy (non-hydrogen) atoms. The maximum absolute atomic E-state index is 15.8. The van der Waals surface area contributed by atoms with Crippen LogP contribution in [0.3, 0.4) is 0 Å². The molecule has 0 aliphatic carbocycles. The molecule has 0 unspecified atom stereocenters. The van der Waals surface area contributed by atoms with Crippen molar-refractivity contribution in [2.45, 2.75) is 59.5 Å². The van der Waals surface area contributed by atoms with Gasteiger partial charge in [0.2, 0.25) is 0 Å². The molecule has 0 aliphatic rings. The van der Waals surface area contributed by atoms with Gasteiger partial charge in [0.05, 0.1) is 7.11 Å². The van der Waals surface area contributed by atoms with Crippen molar-refractivity contribution >= 4 is 46.1 Å². The van der Waals surface area contributed by atoms with Crippen molar-refractivity contribution in [1.29, 1.82) is 0 Å². The Morgan fingerprint density at radius 3 is 2.21 bits per heavy atom. The van der Waals surface area contributed by atoms with Gasteiger partial charge in [0.25, 0.3) is 0 Å². The zero-order chi connectivity index (χ0) is 37.9. The minimum absolute atomic E-state index is 0.103. The number of hydrogen-bond acceptors (Lipinski definition) is 7. The summed E-state index contributed by atoms with van der Waals surface area (Å²) in [6, 6.07) is 23.5. The van der Waals surface area contributed by atoms with Gasteiger partial charge in [-0.1, -0.05) is 48.5 Å². The van der Waals surface area contributed by atoms with Gasteiger partial charge in [0.1, 0.15) is 17.4 Å². The highest BCUT2D eigenvalue weighted by atomic mass is 19.1. The number of hydrogen-bond donors (Lipinski definition) is 5. The van der Waals surface area contributed by atoms with E-state index in [2.05, 4.69) is 54.1 Å². The summed E-state index contributed by atoms with van der Waals surface area (Å²) in [5.41, 5.74) is 9.16. The van der Waals surface area contributed by atoms with Crippen LogP contribution in [0.25, 0.3) is 33.8 Å². The first-order chi connectivity index (χ1) is 25.5. The topological polar surface area (TPSA) is 133 Å². The number of aromatic nitrogens is 1. The van der Waals surface area contributed by atoms with E-state index in [9.17, 15) is 9.59 Å². The molecular weight excluding hydrogens is 671 g/mol. The number of aryl methyl sites for hydroxylation is 1. The second-order valence-electron chi connectivity index (χ2n) is 13.2. The van der Waals surface area contributed by atoms with E-state index in [0.717, 1.165) is 66.8 Å². The highest BCUT2D eigenvalue weighted by Crippen LogP contribution is 2.36. The molecule has 10 heteroatoms. The third-order valence-corrected chi connectivity index (χ3v) is 9.35. The number of nitrogens with one attached hydrogen (secondary N) is 3. The second kappa shape index (κ2) is 18.3. The zero-order valence-corrected chi connectivity index (χ0v) is 30.7. The molecule has 1 heterocycles. The summed E-state index contributed by atoms with van der Waals surface area (Å²) in [5, 5.41) is 30.0. The van der Waals surface area contributed by atoms with Crippen molar-refractivity contribution in [1.82, 2.24) is 15.6 Å². The fourth-order valence-electron chi connectivity index (χ4n) is 6.54. The molecule has 0 bridgehead atoms. The number of halogens is 1. The lowest BCUT2D eigenvalue weighted by molar-refractivity contribution is -0.138. The average molecular weight is 719 g/mol. The number of anilines is 2. The molecule has 0 atom stereocenters. The summed E-state index contributed by atoms with van der Waals surface area (Å²) in [4.78, 5) is 26.3. The maximum atomic E-state index is 15.8. The van der Waals surface area contributed by atoms with E-state index >= 15 is 4.39 Å². The van der Waals surface area contributed by atoms with Gasteiger partial charge in [-0.3, -0.25) is 9.59 Å². The largest absolute Gasteiger partial charge is 0.496 e. The molecule has 0 fully saturated rings. The van der Waals surface area contributed by atoms with E-state index in [-0.39, 0.29) is 18.7 Å². The molecule has 0 saturated heterocycles. The van der Waals surface area contributed by atoms with E-state index in [1.54, 1.807) is 31.5 Å². The molecule has 4 aromatic carbocycles. The predicted molar refractivity (Wildman–Crippen MR) is 210 cm³/mol. The van der Waals surface area contributed by atoms with Crippen LogP contribution in [-0.4, -0.2) is 47.3 Å². The van der Waals surface area contributed by atoms with E-state index in [0.29, 0.717) is 50.3 Å². The Morgan fingerprint density at radius 2 is 1.51 bits per heavy atom. The monoisotopic (exact) mass is 718 g/mol. The van der Waals surface area contributed by atoms with Gasteiger partial charge in [-0.15, -0.1) is 0 Å². The van der Waals surface area contributed by atoms with Crippen molar-refractivity contribution < 1.29 is 28.9 Å². The molecule has 9 nitrogen and oxygen atoms in total. The molecule has 0 saturated carbocycles. The Morgan fingerprint density at radius 1 is 0.830 bits per heavy atom. The average Bonchev–Trinajstić information content (AvgIpc) is 3.13. The van der Waals surface area contributed by atoms with Crippen molar-refractivity contribution in [3.63, 3.8) is 0 Å². The van der Waals surface area contributed by atoms with Crippen molar-refractivity contribution in [3.05, 3.63) is 118 Å². The lowest BCUT2D eigenvalue weighted by atomic mass is 9.92. The number of fused-ring (bicyclic) bond motifs is 1. The van der Waals surface area contributed by atoms with Crippen LogP contribution in [0.15, 0.2) is 79.0 Å². The van der Waals surface area contributed by atoms with Gasteiger partial charge in [0.15, 0.2) is 0 Å². The second-order valence-corrected chi connectivity index (χ2v) is 13.2. The van der Waals surface area contributed by atoms with Crippen LogP contribution in [0.1, 0.15) is 64.6 Å². The van der Waals surface area contributed by atoms with Crippen LogP contribution in [0.2, 0.25) is 0 Å². The highest BCUT2D eigenvalue weighted by molar-refractivity contribution is 5.97. The summed E-state index contributed by atoms with van der Waals surface area (Å²) < 4.78 is 21.4. The predicted octanol–water partition coefficient (Wildman–Crippen LogP) is 8.96. The highest BCUT2D eigenvalue weighted by Gasteiger charge is 2.15. The Bertz CT molecular complexity index is 2130. The quantitative estimate of drug-likeness (QED) is 0.0445. The number of methoxy groups -OCH3 is 1. The normalized spacial score (nSPS) is 11.5. The SMILES string of the molecule is COc1cc(/C(F)=C/c2cccc(-c3cccc(Nc4nccc5cc(CNCCCC(=O)O)cc(C)c45)c3C)c2C)ccc1CNCCCC(=O)O. The molecule has 5 aromatic rings. The molecule has 0 radical (unpaired) electrons. The summed E-state index contributed by atoms with van der Waals surface area (Å²) in [5.74, 6) is -0.678. The number of carbonyl (C=O) groups is 2. The number of aliphatic carboxylic acids is 2. The van der Waals surface area contributed by atoms with Crippen LogP contribution >= 0.6 is 0 Å². The molecule has 0 amide bonds. The summed E-state index contributed by atoms with van der Waals surface area (Å²) in [7, 11) is 1.55. The number of carboxylic acids is 2. The zero-order valence-electron chi connectivity index (χ0n) is 30.7. The van der Waals surface area contributed by atoms with Crippen LogP contribution in [0.5, 0.6) is 5.75 Å². The fourth-order valence-corrected chi connectivity index (χ4v) is 6.54. The first-order valence-corrected chi connectivity index (χ1v) is 17.8. The molecular formula is C43H47FN4O5. The van der Waals surface area contributed by atoms with Gasteiger partial charge in [-0.05, 0) is 121 Å². The Kier molecular flexibility index (Phi) is 13.3. The Balaban J connectivity index is 1.35. The number of carboxylic acid groups (broad SMARTS) is 2. The van der Waals surface area contributed by atoms with E-state index < -0.39 is 11.9 Å². The standard InChI is InChI=1S/C43H47FN4O5/c1-27-21-30(25-45-18-7-13-40(49)50)22-33-17-20-47-43(42(27)33)48-38-12-6-11-36(29(38)3)35-10-5-9-31(28(35)2)23-37(44)32-15-16-34(39(24-32)53-4)26-46-19-8-14-41(51)52/h5-6,9-12,15-17,20-24,45-46H,7-8,13-14,18-19,25-26H2,1-4H3,(H,47,48)(H,49,50)(H,51,52)/b37-23-. The smallest absolute Gasteiger partial charge is 0.303 e. The molecule has 1 aromatic heterocycles. The third kappa shape index (κ3) is 10.1. The number of ether oxygens (including phenoxy) is 1. The van der Waals surface area contributed by atoms with E-state index in [1.165, 1.54) is 0 Å². The van der Waals surface area contributed by atoms with Crippen LogP contribution in [0, 0.1) is 20.8 Å². The van der Waals surface area contributed by atoms with Crippen LogP contribution in [0.4, 0.5) is 15.9 Å². The van der Waals surface area contributed by atoms with Crippen molar-refractivity contribution in [2.75, 3.05) is 25.5 Å². The minimum Gasteiger partial charge on any atom is -0.496 e. The number of rotatable bonds is 18. The van der Waals surface area contributed by atoms with Crippen LogP contribution in [-0.2, 0) is 22.7 Å². The Hall–Kier alpha value is -5.58. The lowest BCUT2D eigenvalue weighted by Gasteiger charge is -2.17. The first-order valence-electron chi connectivity index (χ1n) is 17.8. The number of benzene rings is 4. The fraction of sp³-hybridized carbons (Fsp3) is 0.279. The van der Waals surface area contributed by atoms with Gasteiger partial charge in [0, 0.05) is 54.3 Å². The van der Waals surface area contributed by atoms with Gasteiger partial charge in [-0.2, -0.15) is 0 Å². The third-order valence-electron chi connectivity index (χ3n) is 9.35. The van der Waals surface area contributed by atoms with E-state index in [1.807, 2.05) is 43.3 Å². The summed E-state index contributed by atoms with van der Waals surface area (Å²) >= 11 is 0. The molecule has 0 aliphatic heterocycles. The Labute approximate surface area is 309 Å². The number of nitrogens with zero attached hydrogens (tertiary/aromatic N) is 1. The molecule has 5 rings (SSSR count). The van der Waals surface area contributed by atoms with Gasteiger partial charge >= 0.3 is 11.9 Å². The summed E-state index contributed by atoms with van der Waals surface area (Å²) in [6.45, 7) is 8.47. The summed E-state index contributed by atoms with van der Waals surface area (Å²) in [6.07, 6.45) is 4.71. The van der Waals surface area contributed by atoms with Gasteiger partial charge in [-0.25, -0.2) is 9.37 Å². The molecule has 0 spiro atoms. The minimum atomic E-state index is -0.823. The molecule has 276 valence electrons. The van der Waals surface area contributed by atoms with Crippen molar-refractivity contribution in [3.8, 4) is 16.9 Å². The van der Waals surface area contributed by atoms with Crippen LogP contribution < -0.4 is 20.7 Å². The van der Waals surface area contributed by atoms with E-state index in [4.69, 9.17) is 19.9 Å². The maximum Gasteiger partial charge on any atom is 0.303 e. The number of pyridine rings is 1. The lowest BCUT2D eigenvalue weighted by Crippen LogP contribution is -2.16.